The van der Waals surface area contributed by atoms with Crippen LogP contribution in [0.4, 0.5) is 0 Å². The summed E-state index contributed by atoms with van der Waals surface area (Å²) in [6.45, 7) is 5.04. The topological polar surface area (TPSA) is 26.3 Å². The van der Waals surface area contributed by atoms with E-state index >= 15 is 0 Å². The second-order valence-electron chi connectivity index (χ2n) is 1.66. The van der Waals surface area contributed by atoms with Crippen molar-refractivity contribution < 1.29 is 9.53 Å². The van der Waals surface area contributed by atoms with Gasteiger partial charge in [-0.25, -0.2) is 0 Å². The number of rotatable bonds is 1. The van der Waals surface area contributed by atoms with E-state index in [1.165, 1.54) is 6.92 Å². The molecule has 0 N–H and O–H groups in total. The molecule has 0 rings (SSSR count). The summed E-state index contributed by atoms with van der Waals surface area (Å²) in [6, 6.07) is 0. The molecule has 0 aliphatic rings. The number of carbonyl (C=O) groups is 1. The molecule has 52 valence electrons. The Labute approximate surface area is 72.2 Å². The van der Waals surface area contributed by atoms with Gasteiger partial charge in [-0.15, -0.1) is 0 Å². The van der Waals surface area contributed by atoms with E-state index in [4.69, 9.17) is 0 Å². The molecule has 0 heterocycles. The fourth-order valence-electron chi connectivity index (χ4n) is 0.332. The average molecular weight is 253 g/mol. The van der Waals surface area contributed by atoms with Gasteiger partial charge < -0.3 is 4.74 Å². The molecular weight excluding hydrogens is 243 g/mol. The average Bonchev–Trinajstić information content (AvgIpc) is 1.68. The first-order valence-corrected chi connectivity index (χ1v) is 6.41. The zero-order valence-electron chi connectivity index (χ0n) is 5.80. The van der Waals surface area contributed by atoms with Crippen molar-refractivity contribution >= 4 is 35.8 Å². The summed E-state index contributed by atoms with van der Waals surface area (Å²) < 4.78 is 4.61. The van der Waals surface area contributed by atoms with Crippen molar-refractivity contribution in [2.45, 2.75) is 26.9 Å². The van der Waals surface area contributed by atoms with Crippen LogP contribution < -0.4 is 0 Å². The van der Waals surface area contributed by atoms with Gasteiger partial charge in [0.2, 0.25) is 0 Å². The van der Waals surface area contributed by atoms with Crippen molar-refractivity contribution in [3.63, 3.8) is 0 Å². The van der Waals surface area contributed by atoms with Crippen LogP contribution in [-0.2, 0) is 9.53 Å². The molecule has 0 saturated heterocycles. The van der Waals surface area contributed by atoms with Gasteiger partial charge in [0.15, 0.2) is 0 Å². The first kappa shape index (κ1) is 12.2. The van der Waals surface area contributed by atoms with E-state index in [1.54, 1.807) is 0 Å². The zero-order valence-corrected chi connectivity index (χ0v) is 9.47. The maximum atomic E-state index is 10.0. The zero-order chi connectivity index (χ0) is 7.86. The molecule has 0 atom stereocenters. The summed E-state index contributed by atoms with van der Waals surface area (Å²) in [5, 5.41) is 0. The number of hydrogen-bond acceptors (Lipinski definition) is 3. The van der Waals surface area contributed by atoms with E-state index in [9.17, 15) is 4.79 Å². The van der Waals surface area contributed by atoms with Crippen LogP contribution in [0.25, 0.3) is 0 Å². The van der Waals surface area contributed by atoms with Crippen LogP contribution in [0.5, 0.6) is 0 Å². The van der Waals surface area contributed by atoms with Crippen LogP contribution in [-0.4, -0.2) is 32.7 Å². The van der Waals surface area contributed by atoms with Gasteiger partial charge in [0, 0.05) is 6.92 Å². The molecule has 0 aromatic heterocycles. The molecule has 0 unspecified atom stereocenters. The first-order chi connectivity index (χ1) is 4.13. The molecule has 0 aromatic carbocycles. The quantitative estimate of drug-likeness (QED) is 0.519. The van der Waals surface area contributed by atoms with Crippen LogP contribution in [0.2, 0.25) is 0 Å². The van der Waals surface area contributed by atoms with Crippen molar-refractivity contribution in [1.82, 2.24) is 0 Å². The predicted molar refractivity (Wildman–Crippen MR) is 40.2 cm³/mol. The van der Waals surface area contributed by atoms with Crippen molar-refractivity contribution in [2.75, 3.05) is 0 Å². The Morgan fingerprint density at radius 2 is 1.89 bits per heavy atom. The molecular formula is C5H10O2SSn. The van der Waals surface area contributed by atoms with Crippen LogP contribution >= 0.6 is 9.29 Å². The predicted octanol–water partition coefficient (Wildman–Crippen LogP) is 1.23. The maximum absolute atomic E-state index is 10.0. The molecule has 2 nitrogen and oxygen atoms in total. The normalized spacial score (nSPS) is 7.56. The molecule has 0 bridgehead atoms. The third-order valence-electron chi connectivity index (χ3n) is 0.402. The number of hydrogen-bond donors (Lipinski definition) is 0. The third-order valence-corrected chi connectivity index (χ3v) is 0.402. The fraction of sp³-hybridized carbons (Fsp3) is 0.800. The Bertz CT molecular complexity index is 85.0. The van der Waals surface area contributed by atoms with Gasteiger partial charge in [-0.3, -0.25) is 4.79 Å². The van der Waals surface area contributed by atoms with E-state index in [2.05, 4.69) is 14.0 Å². The molecule has 0 amide bonds. The summed E-state index contributed by atoms with van der Waals surface area (Å²) >= 11 is 1.13. The van der Waals surface area contributed by atoms with Gasteiger partial charge in [-0.05, 0) is 13.8 Å². The Balaban J connectivity index is 0. The molecule has 9 heavy (non-hydrogen) atoms. The van der Waals surface area contributed by atoms with E-state index in [0.29, 0.717) is 0 Å². The van der Waals surface area contributed by atoms with Gasteiger partial charge in [-0.1, -0.05) is 0 Å². The van der Waals surface area contributed by atoms with E-state index in [1.807, 2.05) is 13.8 Å². The molecule has 0 fully saturated rings. The Morgan fingerprint density at radius 1 is 1.56 bits per heavy atom. The third kappa shape index (κ3) is 17.7. The summed E-state index contributed by atoms with van der Waals surface area (Å²) in [7, 11) is 4.17. The van der Waals surface area contributed by atoms with E-state index in [0.717, 1.165) is 20.6 Å². The molecule has 0 spiro atoms. The second-order valence-corrected chi connectivity index (χ2v) is 1.66. The Kier molecular flexibility index (Phi) is 11.5. The van der Waals surface area contributed by atoms with E-state index < -0.39 is 0 Å². The monoisotopic (exact) mass is 254 g/mol. The van der Waals surface area contributed by atoms with Crippen LogP contribution in [0, 0.1) is 0 Å². The van der Waals surface area contributed by atoms with Gasteiger partial charge in [0.1, 0.15) is 0 Å². The van der Waals surface area contributed by atoms with Crippen LogP contribution in [0.15, 0.2) is 0 Å². The molecule has 2 radical (unpaired) electrons. The minimum absolute atomic E-state index is 0.0255. The van der Waals surface area contributed by atoms with Crippen LogP contribution in [0.1, 0.15) is 20.8 Å². The summed E-state index contributed by atoms with van der Waals surface area (Å²) in [4.78, 5) is 10.0. The molecule has 0 aliphatic heterocycles. The van der Waals surface area contributed by atoms with Gasteiger partial charge in [0.25, 0.3) is 0 Å². The van der Waals surface area contributed by atoms with Crippen molar-refractivity contribution in [3.05, 3.63) is 0 Å². The minimum atomic E-state index is -0.213. The number of ether oxygens (including phenoxy) is 1. The van der Waals surface area contributed by atoms with Crippen molar-refractivity contribution in [2.24, 2.45) is 0 Å². The molecule has 4 heteroatoms. The van der Waals surface area contributed by atoms with Gasteiger partial charge >= 0.3 is 35.8 Å². The SMILES string of the molecule is CC(=O)OC(C)C.[S]=[Sn]. The summed E-state index contributed by atoms with van der Waals surface area (Å²) in [5.74, 6) is -0.213. The van der Waals surface area contributed by atoms with Crippen molar-refractivity contribution in [1.29, 1.82) is 0 Å². The Morgan fingerprint density at radius 3 is 1.89 bits per heavy atom. The summed E-state index contributed by atoms with van der Waals surface area (Å²) in [6.07, 6.45) is 0.0255. The Hall–Kier alpha value is 0.489. The second kappa shape index (κ2) is 8.49. The van der Waals surface area contributed by atoms with Gasteiger partial charge in [-0.2, -0.15) is 0 Å². The van der Waals surface area contributed by atoms with Crippen molar-refractivity contribution in [3.8, 4) is 0 Å². The van der Waals surface area contributed by atoms with E-state index in [-0.39, 0.29) is 12.1 Å². The summed E-state index contributed by atoms with van der Waals surface area (Å²) in [5.41, 5.74) is 0. The number of esters is 1. The van der Waals surface area contributed by atoms with Gasteiger partial charge in [0.05, 0.1) is 6.10 Å². The standard InChI is InChI=1S/C5H10O2.S.Sn/c1-4(2)7-5(3)6;;/h4H,1-3H3;;. The molecule has 0 aromatic rings. The first-order valence-electron chi connectivity index (χ1n) is 2.50. The molecule has 0 saturated carbocycles. The van der Waals surface area contributed by atoms with Crippen LogP contribution in [0.3, 0.4) is 0 Å². The molecule has 0 aliphatic carbocycles. The number of carbonyl (C=O) groups excluding carboxylic acids is 1. The fourth-order valence-corrected chi connectivity index (χ4v) is 0.332.